The van der Waals surface area contributed by atoms with E-state index in [4.69, 9.17) is 0 Å². The lowest BCUT2D eigenvalue weighted by molar-refractivity contribution is -0.116. The number of amides is 1. The number of anilines is 1. The van der Waals surface area contributed by atoms with Gasteiger partial charge in [-0.2, -0.15) is 0 Å². The molecular weight excluding hydrogens is 286 g/mol. The van der Waals surface area contributed by atoms with E-state index in [2.05, 4.69) is 21.2 Å². The summed E-state index contributed by atoms with van der Waals surface area (Å²) in [6, 6.07) is 6.68. The van der Waals surface area contributed by atoms with Crippen LogP contribution in [0, 0.1) is 0 Å². The van der Waals surface area contributed by atoms with Crippen LogP contribution in [0.2, 0.25) is 6.32 Å². The Morgan fingerprint density at radius 2 is 2.06 bits per heavy atom. The average Bonchev–Trinajstić information content (AvgIpc) is 2.14. The number of halogens is 4. The van der Waals surface area contributed by atoms with Gasteiger partial charge in [-0.3, -0.25) is 4.79 Å². The van der Waals surface area contributed by atoms with Crippen molar-refractivity contribution in [1.82, 2.24) is 0 Å². The predicted molar refractivity (Wildman–Crippen MR) is 61.3 cm³/mol. The third-order valence-electron chi connectivity index (χ3n) is 1.81. The van der Waals surface area contributed by atoms with Crippen molar-refractivity contribution >= 4 is 34.5 Å². The smallest absolute Gasteiger partial charge is 0.449 e. The van der Waals surface area contributed by atoms with Gasteiger partial charge < -0.3 is 18.3 Å². The third kappa shape index (κ3) is 5.20. The van der Waals surface area contributed by atoms with E-state index in [0.717, 1.165) is 4.47 Å². The van der Waals surface area contributed by atoms with Crippen LogP contribution in [0.1, 0.15) is 6.42 Å². The zero-order chi connectivity index (χ0) is 12.2. The molecule has 2 nitrogen and oxygen atoms in total. The Morgan fingerprint density at radius 3 is 2.62 bits per heavy atom. The number of hydrogen-bond acceptors (Lipinski definition) is 1. The van der Waals surface area contributed by atoms with Crippen LogP contribution in [0.25, 0.3) is 0 Å². The van der Waals surface area contributed by atoms with E-state index >= 15 is 0 Å². The highest BCUT2D eigenvalue weighted by Crippen LogP contribution is 2.19. The molecule has 0 bridgehead atoms. The van der Waals surface area contributed by atoms with Crippen LogP contribution in [0.3, 0.4) is 0 Å². The number of benzene rings is 1. The summed E-state index contributed by atoms with van der Waals surface area (Å²) in [5, 5.41) is 2.40. The molecule has 1 amide bonds. The summed E-state index contributed by atoms with van der Waals surface area (Å²) in [4.78, 5) is 11.2. The molecule has 0 fully saturated rings. The van der Waals surface area contributed by atoms with E-state index in [9.17, 15) is 17.7 Å². The molecule has 0 aliphatic heterocycles. The number of hydrogen-bond donors (Lipinski definition) is 1. The number of nitrogens with one attached hydrogen (secondary N) is 1. The van der Waals surface area contributed by atoms with Crippen molar-refractivity contribution in [3.63, 3.8) is 0 Å². The molecule has 88 valence electrons. The standard InChI is InChI=1S/C9H9BBrF3NO/c11-7-2-1-3-8(6-7)15-9(16)4-5-10(12,13)14/h1-3,6H,4-5H2,(H,15,16)/q-1. The van der Waals surface area contributed by atoms with Gasteiger partial charge in [0, 0.05) is 16.6 Å². The fraction of sp³-hybridized carbons (Fsp3) is 0.222. The maximum absolute atomic E-state index is 11.9. The third-order valence-corrected chi connectivity index (χ3v) is 2.30. The van der Waals surface area contributed by atoms with E-state index in [-0.39, 0.29) is 0 Å². The molecule has 0 unspecified atom stereocenters. The minimum Gasteiger partial charge on any atom is -0.449 e. The number of carbonyl (C=O) groups is 1. The van der Waals surface area contributed by atoms with Gasteiger partial charge in [-0.05, 0) is 18.2 Å². The van der Waals surface area contributed by atoms with Gasteiger partial charge in [0.05, 0.1) is 0 Å². The normalized spacial score (nSPS) is 11.2. The highest BCUT2D eigenvalue weighted by molar-refractivity contribution is 9.10. The van der Waals surface area contributed by atoms with Crippen molar-refractivity contribution in [3.8, 4) is 0 Å². The van der Waals surface area contributed by atoms with Gasteiger partial charge in [0.1, 0.15) is 0 Å². The van der Waals surface area contributed by atoms with Crippen LogP contribution in [-0.2, 0) is 4.79 Å². The van der Waals surface area contributed by atoms with Gasteiger partial charge in [-0.15, -0.1) is 0 Å². The molecule has 1 N–H and O–H groups in total. The lowest BCUT2D eigenvalue weighted by Gasteiger charge is -2.12. The first-order valence-corrected chi connectivity index (χ1v) is 5.42. The fourth-order valence-corrected chi connectivity index (χ4v) is 1.48. The SMILES string of the molecule is O=C(CC[B-](F)(F)F)Nc1cccc(Br)c1. The molecule has 0 atom stereocenters. The lowest BCUT2D eigenvalue weighted by Crippen LogP contribution is -2.19. The second kappa shape index (κ2) is 5.38. The van der Waals surface area contributed by atoms with Crippen molar-refractivity contribution in [2.75, 3.05) is 5.32 Å². The molecule has 0 saturated carbocycles. The van der Waals surface area contributed by atoms with Crippen molar-refractivity contribution < 1.29 is 17.7 Å². The molecule has 0 aromatic heterocycles. The second-order valence-electron chi connectivity index (χ2n) is 3.31. The summed E-state index contributed by atoms with van der Waals surface area (Å²) in [6.07, 6.45) is -1.57. The number of rotatable bonds is 4. The quantitative estimate of drug-likeness (QED) is 0.844. The van der Waals surface area contributed by atoms with Crippen LogP contribution in [-0.4, -0.2) is 12.9 Å². The molecule has 7 heteroatoms. The molecular formula is C9H9BBrF3NO-. The summed E-state index contributed by atoms with van der Waals surface area (Å²) >= 11 is 3.19. The summed E-state index contributed by atoms with van der Waals surface area (Å²) in [6.45, 7) is -4.89. The highest BCUT2D eigenvalue weighted by atomic mass is 79.9. The van der Waals surface area contributed by atoms with Gasteiger partial charge in [-0.25, -0.2) is 0 Å². The molecule has 0 saturated heterocycles. The van der Waals surface area contributed by atoms with Crippen LogP contribution in [0.5, 0.6) is 0 Å². The zero-order valence-electron chi connectivity index (χ0n) is 8.22. The largest absolute Gasteiger partial charge is 0.478 e. The molecule has 0 aliphatic rings. The Labute approximate surface area is 99.4 Å². The van der Waals surface area contributed by atoms with Crippen molar-refractivity contribution in [2.45, 2.75) is 12.7 Å². The molecule has 0 aliphatic carbocycles. The van der Waals surface area contributed by atoms with Gasteiger partial charge >= 0.3 is 6.98 Å². The zero-order valence-corrected chi connectivity index (χ0v) is 9.81. The first kappa shape index (κ1) is 13.1. The highest BCUT2D eigenvalue weighted by Gasteiger charge is 2.23. The van der Waals surface area contributed by atoms with Gasteiger partial charge in [0.2, 0.25) is 5.91 Å². The Kier molecular flexibility index (Phi) is 4.40. The number of carbonyl (C=O) groups excluding carboxylic acids is 1. The van der Waals surface area contributed by atoms with E-state index in [1.807, 2.05) is 0 Å². The van der Waals surface area contributed by atoms with E-state index in [1.54, 1.807) is 24.3 Å². The Balaban J connectivity index is 2.46. The van der Waals surface area contributed by atoms with Crippen molar-refractivity contribution in [1.29, 1.82) is 0 Å². The Hall–Kier alpha value is -0.975. The fourth-order valence-electron chi connectivity index (χ4n) is 1.08. The molecule has 0 radical (unpaired) electrons. The lowest BCUT2D eigenvalue weighted by atomic mass is 9.84. The summed E-state index contributed by atoms with van der Waals surface area (Å²) < 4.78 is 36.4. The first-order valence-electron chi connectivity index (χ1n) is 4.63. The van der Waals surface area contributed by atoms with Crippen molar-refractivity contribution in [2.24, 2.45) is 0 Å². The van der Waals surface area contributed by atoms with Crippen molar-refractivity contribution in [3.05, 3.63) is 28.7 Å². The van der Waals surface area contributed by atoms with Gasteiger partial charge in [0.15, 0.2) is 0 Å². The summed E-state index contributed by atoms with van der Waals surface area (Å²) in [5.74, 6) is -0.627. The first-order chi connectivity index (χ1) is 7.37. The second-order valence-corrected chi connectivity index (χ2v) is 4.22. The molecule has 0 spiro atoms. The van der Waals surface area contributed by atoms with Gasteiger partial charge in [0.25, 0.3) is 0 Å². The molecule has 1 aromatic carbocycles. The molecule has 1 aromatic rings. The van der Waals surface area contributed by atoms with E-state index in [1.165, 1.54) is 0 Å². The van der Waals surface area contributed by atoms with E-state index in [0.29, 0.717) is 5.69 Å². The maximum Gasteiger partial charge on any atom is 0.478 e. The Bertz CT molecular complexity index is 383. The monoisotopic (exact) mass is 294 g/mol. The van der Waals surface area contributed by atoms with Crippen LogP contribution in [0.4, 0.5) is 18.6 Å². The minimum atomic E-state index is -4.89. The Morgan fingerprint density at radius 1 is 1.38 bits per heavy atom. The molecule has 0 heterocycles. The van der Waals surface area contributed by atoms with Crippen LogP contribution >= 0.6 is 15.9 Å². The summed E-state index contributed by atoms with van der Waals surface area (Å²) in [7, 11) is 0. The molecule has 1 rings (SSSR count). The van der Waals surface area contributed by atoms with Crippen LogP contribution < -0.4 is 5.32 Å². The minimum absolute atomic E-state index is 0.481. The molecule has 16 heavy (non-hydrogen) atoms. The maximum atomic E-state index is 11.9. The van der Waals surface area contributed by atoms with Crippen LogP contribution in [0.15, 0.2) is 28.7 Å². The van der Waals surface area contributed by atoms with E-state index < -0.39 is 25.6 Å². The topological polar surface area (TPSA) is 29.1 Å². The predicted octanol–water partition coefficient (Wildman–Crippen LogP) is 3.63. The average molecular weight is 295 g/mol. The summed E-state index contributed by atoms with van der Waals surface area (Å²) in [5.41, 5.74) is 0.481. The van der Waals surface area contributed by atoms with Gasteiger partial charge in [-0.1, -0.05) is 28.3 Å².